The van der Waals surface area contributed by atoms with E-state index < -0.39 is 23.1 Å². The zero-order valence-corrected chi connectivity index (χ0v) is 9.17. The second kappa shape index (κ2) is 4.41. The number of amides is 1. The van der Waals surface area contributed by atoms with Crippen LogP contribution in [0.3, 0.4) is 0 Å². The number of nitrogens with one attached hydrogen (secondary N) is 1. The maximum atomic E-state index is 13.2. The van der Waals surface area contributed by atoms with E-state index in [4.69, 9.17) is 0 Å². The number of rotatable bonds is 3. The number of carbonyl (C=O) groups excluding carboxylic acids is 1. The van der Waals surface area contributed by atoms with E-state index in [1.165, 1.54) is 0 Å². The van der Waals surface area contributed by atoms with Gasteiger partial charge in [-0.25, -0.2) is 8.78 Å². The molecule has 1 aromatic carbocycles. The Morgan fingerprint density at radius 2 is 2.12 bits per heavy atom. The van der Waals surface area contributed by atoms with E-state index >= 15 is 0 Å². The highest BCUT2D eigenvalue weighted by Crippen LogP contribution is 2.30. The van der Waals surface area contributed by atoms with Gasteiger partial charge < -0.3 is 10.4 Å². The number of halogens is 2. The summed E-state index contributed by atoms with van der Waals surface area (Å²) in [6, 6.07) is 2.70. The van der Waals surface area contributed by atoms with Gasteiger partial charge in [-0.2, -0.15) is 0 Å². The topological polar surface area (TPSA) is 49.3 Å². The van der Waals surface area contributed by atoms with E-state index in [9.17, 15) is 18.7 Å². The lowest BCUT2D eigenvalue weighted by molar-refractivity contribution is -0.0300. The highest BCUT2D eigenvalue weighted by molar-refractivity contribution is 5.94. The third kappa shape index (κ3) is 2.61. The molecule has 1 fully saturated rings. The van der Waals surface area contributed by atoms with Crippen LogP contribution < -0.4 is 5.32 Å². The average molecular weight is 241 g/mol. The summed E-state index contributed by atoms with van der Waals surface area (Å²) in [7, 11) is 0. The quantitative estimate of drug-likeness (QED) is 0.844. The minimum atomic E-state index is -0.876. The first-order chi connectivity index (χ1) is 8.00. The molecule has 0 atom stereocenters. The number of carbonyl (C=O) groups is 1. The molecular weight excluding hydrogens is 228 g/mol. The van der Waals surface area contributed by atoms with Gasteiger partial charge in [-0.1, -0.05) is 0 Å². The van der Waals surface area contributed by atoms with Gasteiger partial charge in [0.25, 0.3) is 5.91 Å². The summed E-state index contributed by atoms with van der Waals surface area (Å²) in [6.07, 6.45) is 2.17. The Hall–Kier alpha value is -1.49. The Labute approximate surface area is 97.5 Å². The summed E-state index contributed by atoms with van der Waals surface area (Å²) in [4.78, 5) is 11.6. The van der Waals surface area contributed by atoms with Crippen LogP contribution in [0.1, 0.15) is 29.6 Å². The van der Waals surface area contributed by atoms with Crippen molar-refractivity contribution in [2.45, 2.75) is 24.9 Å². The molecule has 0 aliphatic heterocycles. The van der Waals surface area contributed by atoms with E-state index in [1.54, 1.807) is 0 Å². The Kier molecular flexibility index (Phi) is 3.11. The molecule has 2 N–H and O–H groups in total. The summed E-state index contributed by atoms with van der Waals surface area (Å²) in [5.74, 6) is -2.15. The molecule has 1 aliphatic rings. The standard InChI is InChI=1S/C12H13F2NO2/c13-8-2-3-10(14)9(6-8)11(16)15-7-12(17)4-1-5-12/h2-3,6,17H,1,4-5,7H2,(H,15,16). The fourth-order valence-electron chi connectivity index (χ4n) is 1.77. The molecule has 0 unspecified atom stereocenters. The lowest BCUT2D eigenvalue weighted by Crippen LogP contribution is -2.47. The number of hydrogen-bond acceptors (Lipinski definition) is 2. The normalized spacial score (nSPS) is 17.4. The minimum absolute atomic E-state index is 0.0712. The van der Waals surface area contributed by atoms with Gasteiger partial charge >= 0.3 is 0 Å². The molecule has 0 aromatic heterocycles. The Morgan fingerprint density at radius 3 is 2.71 bits per heavy atom. The van der Waals surface area contributed by atoms with Gasteiger partial charge in [-0.15, -0.1) is 0 Å². The second-order valence-corrected chi connectivity index (χ2v) is 4.38. The van der Waals surface area contributed by atoms with Crippen molar-refractivity contribution < 1.29 is 18.7 Å². The molecule has 0 radical (unpaired) electrons. The van der Waals surface area contributed by atoms with Crippen LogP contribution in [0.4, 0.5) is 8.78 Å². The van der Waals surface area contributed by atoms with E-state index in [0.717, 1.165) is 24.6 Å². The maximum absolute atomic E-state index is 13.2. The molecule has 1 aliphatic carbocycles. The molecule has 1 amide bonds. The Bertz CT molecular complexity index is 444. The van der Waals surface area contributed by atoms with Crippen LogP contribution >= 0.6 is 0 Å². The SMILES string of the molecule is O=C(NCC1(O)CCC1)c1cc(F)ccc1F. The highest BCUT2D eigenvalue weighted by atomic mass is 19.1. The van der Waals surface area contributed by atoms with Crippen molar-refractivity contribution in [3.8, 4) is 0 Å². The molecule has 1 aromatic rings. The highest BCUT2D eigenvalue weighted by Gasteiger charge is 2.34. The first-order valence-electron chi connectivity index (χ1n) is 5.46. The number of aliphatic hydroxyl groups is 1. The fourth-order valence-corrected chi connectivity index (χ4v) is 1.77. The summed E-state index contributed by atoms with van der Waals surface area (Å²) in [6.45, 7) is 0.0712. The minimum Gasteiger partial charge on any atom is -0.388 e. The fraction of sp³-hybridized carbons (Fsp3) is 0.417. The van der Waals surface area contributed by atoms with Crippen molar-refractivity contribution >= 4 is 5.91 Å². The molecule has 0 spiro atoms. The van der Waals surface area contributed by atoms with E-state index in [2.05, 4.69) is 5.32 Å². The zero-order valence-electron chi connectivity index (χ0n) is 9.17. The van der Waals surface area contributed by atoms with Gasteiger partial charge in [0.1, 0.15) is 11.6 Å². The summed E-state index contributed by atoms with van der Waals surface area (Å²) >= 11 is 0. The van der Waals surface area contributed by atoms with Crippen LogP contribution in [-0.2, 0) is 0 Å². The van der Waals surface area contributed by atoms with Crippen molar-refractivity contribution in [3.63, 3.8) is 0 Å². The van der Waals surface area contributed by atoms with Crippen molar-refractivity contribution in [1.82, 2.24) is 5.32 Å². The molecule has 0 bridgehead atoms. The summed E-state index contributed by atoms with van der Waals surface area (Å²) in [5.41, 5.74) is -1.22. The number of benzene rings is 1. The van der Waals surface area contributed by atoms with E-state index in [0.29, 0.717) is 12.8 Å². The first kappa shape index (κ1) is 12.0. The molecule has 2 rings (SSSR count). The molecule has 17 heavy (non-hydrogen) atoms. The van der Waals surface area contributed by atoms with Gasteiger partial charge in [0.2, 0.25) is 0 Å². The molecule has 3 nitrogen and oxygen atoms in total. The summed E-state index contributed by atoms with van der Waals surface area (Å²) in [5, 5.41) is 12.2. The lowest BCUT2D eigenvalue weighted by atomic mass is 9.80. The predicted octanol–water partition coefficient (Wildman–Crippen LogP) is 1.61. The summed E-state index contributed by atoms with van der Waals surface area (Å²) < 4.78 is 26.1. The molecule has 92 valence electrons. The van der Waals surface area contributed by atoms with Gasteiger partial charge in [-0.3, -0.25) is 4.79 Å². The van der Waals surface area contributed by atoms with Crippen LogP contribution in [0.5, 0.6) is 0 Å². The van der Waals surface area contributed by atoms with Crippen LogP contribution in [-0.4, -0.2) is 23.2 Å². The molecule has 1 saturated carbocycles. The van der Waals surface area contributed by atoms with Crippen molar-refractivity contribution in [2.24, 2.45) is 0 Å². The van der Waals surface area contributed by atoms with Crippen molar-refractivity contribution in [3.05, 3.63) is 35.4 Å². The van der Waals surface area contributed by atoms with Crippen molar-refractivity contribution in [1.29, 1.82) is 0 Å². The Balaban J connectivity index is 2.01. The third-order valence-corrected chi connectivity index (χ3v) is 3.04. The number of hydrogen-bond donors (Lipinski definition) is 2. The molecule has 5 heteroatoms. The second-order valence-electron chi connectivity index (χ2n) is 4.38. The van der Waals surface area contributed by atoms with Gasteiger partial charge in [0.05, 0.1) is 11.2 Å². The third-order valence-electron chi connectivity index (χ3n) is 3.04. The van der Waals surface area contributed by atoms with Gasteiger partial charge in [0.15, 0.2) is 0 Å². The lowest BCUT2D eigenvalue weighted by Gasteiger charge is -2.36. The Morgan fingerprint density at radius 1 is 1.41 bits per heavy atom. The van der Waals surface area contributed by atoms with Gasteiger partial charge in [-0.05, 0) is 37.5 Å². The van der Waals surface area contributed by atoms with Crippen LogP contribution in [0.2, 0.25) is 0 Å². The largest absolute Gasteiger partial charge is 0.388 e. The maximum Gasteiger partial charge on any atom is 0.254 e. The predicted molar refractivity (Wildman–Crippen MR) is 57.5 cm³/mol. The smallest absolute Gasteiger partial charge is 0.254 e. The van der Waals surface area contributed by atoms with Crippen LogP contribution in [0.25, 0.3) is 0 Å². The molecule has 0 saturated heterocycles. The zero-order chi connectivity index (χ0) is 12.5. The monoisotopic (exact) mass is 241 g/mol. The molecular formula is C12H13F2NO2. The van der Waals surface area contributed by atoms with Gasteiger partial charge in [0, 0.05) is 6.54 Å². The molecule has 0 heterocycles. The first-order valence-corrected chi connectivity index (χ1v) is 5.46. The average Bonchev–Trinajstić information content (AvgIpc) is 2.26. The van der Waals surface area contributed by atoms with Crippen LogP contribution in [0, 0.1) is 11.6 Å². The van der Waals surface area contributed by atoms with E-state index in [-0.39, 0.29) is 12.1 Å². The van der Waals surface area contributed by atoms with Crippen molar-refractivity contribution in [2.75, 3.05) is 6.54 Å². The van der Waals surface area contributed by atoms with E-state index in [1.807, 2.05) is 0 Å². The van der Waals surface area contributed by atoms with Crippen LogP contribution in [0.15, 0.2) is 18.2 Å².